The molecular formula is C18H15N. The van der Waals surface area contributed by atoms with Crippen LogP contribution < -0.4 is 0 Å². The first kappa shape index (κ1) is 10.6. The summed E-state index contributed by atoms with van der Waals surface area (Å²) < 4.78 is 0. The Morgan fingerprint density at radius 1 is 0.842 bits per heavy atom. The lowest BCUT2D eigenvalue weighted by Crippen LogP contribution is -1.81. The molecule has 0 atom stereocenters. The molecular weight excluding hydrogens is 230 g/mol. The van der Waals surface area contributed by atoms with Crippen LogP contribution in [0.3, 0.4) is 0 Å². The minimum atomic E-state index is 1.22. The van der Waals surface area contributed by atoms with Crippen LogP contribution in [0.1, 0.15) is 11.1 Å². The Morgan fingerprint density at radius 3 is 2.58 bits per heavy atom. The fourth-order valence-electron chi connectivity index (χ4n) is 3.05. The lowest BCUT2D eigenvalue weighted by molar-refractivity contribution is 1.46. The number of aromatic amines is 1. The van der Waals surface area contributed by atoms with Crippen molar-refractivity contribution in [3.05, 3.63) is 59.7 Å². The van der Waals surface area contributed by atoms with E-state index in [4.69, 9.17) is 0 Å². The van der Waals surface area contributed by atoms with Crippen LogP contribution in [0.4, 0.5) is 0 Å². The van der Waals surface area contributed by atoms with E-state index in [1.165, 1.54) is 43.7 Å². The average molecular weight is 245 g/mol. The molecule has 0 spiro atoms. The van der Waals surface area contributed by atoms with Gasteiger partial charge in [-0.3, -0.25) is 0 Å². The van der Waals surface area contributed by atoms with Gasteiger partial charge in [-0.15, -0.1) is 0 Å². The first-order valence-corrected chi connectivity index (χ1v) is 6.64. The van der Waals surface area contributed by atoms with Crippen LogP contribution in [-0.2, 0) is 0 Å². The van der Waals surface area contributed by atoms with E-state index in [2.05, 4.69) is 67.4 Å². The zero-order valence-electron chi connectivity index (χ0n) is 11.1. The second kappa shape index (κ2) is 3.61. The normalized spacial score (nSPS) is 11.7. The quantitative estimate of drug-likeness (QED) is 0.444. The van der Waals surface area contributed by atoms with Crippen molar-refractivity contribution in [2.75, 3.05) is 0 Å². The first-order valence-electron chi connectivity index (χ1n) is 6.64. The van der Waals surface area contributed by atoms with Gasteiger partial charge in [0.05, 0.1) is 5.52 Å². The minimum absolute atomic E-state index is 1.22. The standard InChI is InChI=1S/C18H15N/c1-11-7-8-14-13(9-11)10-12(2)18-17(14)15-5-3-4-6-16(15)19-18/h3-10,19H,1-2H3. The van der Waals surface area contributed by atoms with Crippen LogP contribution in [0.25, 0.3) is 32.6 Å². The molecule has 4 aromatic rings. The molecule has 0 bridgehead atoms. The molecule has 0 aliphatic heterocycles. The van der Waals surface area contributed by atoms with Crippen LogP contribution in [-0.4, -0.2) is 4.98 Å². The number of hydrogen-bond donors (Lipinski definition) is 1. The molecule has 0 aliphatic carbocycles. The Bertz CT molecular complexity index is 929. The van der Waals surface area contributed by atoms with E-state index in [9.17, 15) is 0 Å². The summed E-state index contributed by atoms with van der Waals surface area (Å²) in [5.41, 5.74) is 5.10. The number of fused-ring (bicyclic) bond motifs is 5. The van der Waals surface area contributed by atoms with Crippen LogP contribution in [0.15, 0.2) is 48.5 Å². The lowest BCUT2D eigenvalue weighted by atomic mass is 9.99. The van der Waals surface area contributed by atoms with Crippen molar-refractivity contribution in [1.82, 2.24) is 4.98 Å². The fraction of sp³-hybridized carbons (Fsp3) is 0.111. The highest BCUT2D eigenvalue weighted by Crippen LogP contribution is 2.34. The number of H-pyrrole nitrogens is 1. The highest BCUT2D eigenvalue weighted by atomic mass is 14.7. The van der Waals surface area contributed by atoms with Crippen molar-refractivity contribution >= 4 is 32.6 Å². The number of rotatable bonds is 0. The maximum atomic E-state index is 3.55. The number of hydrogen-bond acceptors (Lipinski definition) is 0. The van der Waals surface area contributed by atoms with E-state index in [0.29, 0.717) is 0 Å². The van der Waals surface area contributed by atoms with Gasteiger partial charge in [0.15, 0.2) is 0 Å². The molecule has 1 nitrogen and oxygen atoms in total. The van der Waals surface area contributed by atoms with Crippen molar-refractivity contribution in [3.8, 4) is 0 Å². The highest BCUT2D eigenvalue weighted by molar-refractivity contribution is 6.21. The van der Waals surface area contributed by atoms with Gasteiger partial charge in [-0.25, -0.2) is 0 Å². The fourth-order valence-corrected chi connectivity index (χ4v) is 3.05. The van der Waals surface area contributed by atoms with Crippen LogP contribution >= 0.6 is 0 Å². The molecule has 3 aromatic carbocycles. The second-order valence-electron chi connectivity index (χ2n) is 5.34. The molecule has 92 valence electrons. The Balaban J connectivity index is 2.36. The highest BCUT2D eigenvalue weighted by Gasteiger charge is 2.10. The summed E-state index contributed by atoms with van der Waals surface area (Å²) in [5, 5.41) is 5.33. The molecule has 0 fully saturated rings. The smallest absolute Gasteiger partial charge is 0.0501 e. The molecule has 1 aromatic heterocycles. The largest absolute Gasteiger partial charge is 0.354 e. The van der Waals surface area contributed by atoms with Gasteiger partial charge in [-0.2, -0.15) is 0 Å². The number of benzene rings is 3. The number of para-hydroxylation sites is 1. The van der Waals surface area contributed by atoms with E-state index in [1.807, 2.05) is 0 Å². The van der Waals surface area contributed by atoms with Gasteiger partial charge in [0.2, 0.25) is 0 Å². The Kier molecular flexibility index (Phi) is 2.02. The van der Waals surface area contributed by atoms with Gasteiger partial charge in [0.1, 0.15) is 0 Å². The van der Waals surface area contributed by atoms with E-state index >= 15 is 0 Å². The zero-order chi connectivity index (χ0) is 13.0. The van der Waals surface area contributed by atoms with Crippen molar-refractivity contribution in [1.29, 1.82) is 0 Å². The number of aromatic nitrogens is 1. The predicted molar refractivity (Wildman–Crippen MR) is 82.8 cm³/mol. The zero-order valence-corrected chi connectivity index (χ0v) is 11.1. The summed E-state index contributed by atoms with van der Waals surface area (Å²) >= 11 is 0. The van der Waals surface area contributed by atoms with Crippen molar-refractivity contribution in [3.63, 3.8) is 0 Å². The van der Waals surface area contributed by atoms with Crippen LogP contribution in [0, 0.1) is 13.8 Å². The third-order valence-electron chi connectivity index (χ3n) is 3.95. The summed E-state index contributed by atoms with van der Waals surface area (Å²) in [5.74, 6) is 0. The molecule has 0 saturated carbocycles. The van der Waals surface area contributed by atoms with Crippen molar-refractivity contribution in [2.45, 2.75) is 13.8 Å². The Morgan fingerprint density at radius 2 is 1.68 bits per heavy atom. The first-order chi connectivity index (χ1) is 9.24. The van der Waals surface area contributed by atoms with E-state index < -0.39 is 0 Å². The topological polar surface area (TPSA) is 15.8 Å². The molecule has 0 aliphatic rings. The molecule has 4 rings (SSSR count). The van der Waals surface area contributed by atoms with Gasteiger partial charge >= 0.3 is 0 Å². The summed E-state index contributed by atoms with van der Waals surface area (Å²) in [6.07, 6.45) is 0. The summed E-state index contributed by atoms with van der Waals surface area (Å²) in [6, 6.07) is 17.5. The van der Waals surface area contributed by atoms with Crippen LogP contribution in [0.5, 0.6) is 0 Å². The van der Waals surface area contributed by atoms with Crippen molar-refractivity contribution in [2.24, 2.45) is 0 Å². The minimum Gasteiger partial charge on any atom is -0.354 e. The molecule has 0 amide bonds. The van der Waals surface area contributed by atoms with E-state index in [1.54, 1.807) is 0 Å². The third kappa shape index (κ3) is 1.42. The maximum Gasteiger partial charge on any atom is 0.0501 e. The Labute approximate surface area is 111 Å². The molecule has 19 heavy (non-hydrogen) atoms. The number of nitrogens with one attached hydrogen (secondary N) is 1. The predicted octanol–water partition coefficient (Wildman–Crippen LogP) is 5.09. The lowest BCUT2D eigenvalue weighted by Gasteiger charge is -2.05. The average Bonchev–Trinajstić information content (AvgIpc) is 2.79. The number of aryl methyl sites for hydroxylation is 2. The van der Waals surface area contributed by atoms with Gasteiger partial charge in [-0.05, 0) is 42.3 Å². The van der Waals surface area contributed by atoms with E-state index in [0.717, 1.165) is 0 Å². The maximum absolute atomic E-state index is 3.55. The van der Waals surface area contributed by atoms with Crippen molar-refractivity contribution < 1.29 is 0 Å². The molecule has 1 heteroatoms. The SMILES string of the molecule is Cc1ccc2c(c1)cc(C)c1[nH]c3ccccc3c12. The monoisotopic (exact) mass is 245 g/mol. The van der Waals surface area contributed by atoms with Gasteiger partial charge in [0, 0.05) is 16.3 Å². The molecule has 1 heterocycles. The molecule has 0 unspecified atom stereocenters. The van der Waals surface area contributed by atoms with Gasteiger partial charge in [-0.1, -0.05) is 42.0 Å². The molecule has 1 N–H and O–H groups in total. The van der Waals surface area contributed by atoms with Gasteiger partial charge in [0.25, 0.3) is 0 Å². The van der Waals surface area contributed by atoms with Gasteiger partial charge < -0.3 is 4.98 Å². The second-order valence-corrected chi connectivity index (χ2v) is 5.34. The summed E-state index contributed by atoms with van der Waals surface area (Å²) in [7, 11) is 0. The molecule has 0 radical (unpaired) electrons. The van der Waals surface area contributed by atoms with Crippen LogP contribution in [0.2, 0.25) is 0 Å². The summed E-state index contributed by atoms with van der Waals surface area (Å²) in [4.78, 5) is 3.55. The Hall–Kier alpha value is -2.28. The van der Waals surface area contributed by atoms with E-state index in [-0.39, 0.29) is 0 Å². The third-order valence-corrected chi connectivity index (χ3v) is 3.95. The summed E-state index contributed by atoms with van der Waals surface area (Å²) in [6.45, 7) is 4.33. The molecule has 0 saturated heterocycles.